The van der Waals surface area contributed by atoms with E-state index in [1.165, 1.54) is 24.2 Å². The summed E-state index contributed by atoms with van der Waals surface area (Å²) in [5.74, 6) is -0.169. The zero-order chi connectivity index (χ0) is 25.5. The van der Waals surface area contributed by atoms with Crippen molar-refractivity contribution in [1.29, 1.82) is 0 Å². The molecular weight excluding hydrogens is 472 g/mol. The van der Waals surface area contributed by atoms with E-state index in [1.54, 1.807) is 42.6 Å². The summed E-state index contributed by atoms with van der Waals surface area (Å²) >= 11 is 1.31. The van der Waals surface area contributed by atoms with Crippen LogP contribution >= 0.6 is 11.8 Å². The first kappa shape index (κ1) is 24.9. The van der Waals surface area contributed by atoms with Crippen molar-refractivity contribution in [2.45, 2.75) is 25.5 Å². The molecule has 7 nitrogen and oxygen atoms in total. The van der Waals surface area contributed by atoms with E-state index in [-0.39, 0.29) is 23.4 Å². The van der Waals surface area contributed by atoms with Crippen molar-refractivity contribution in [3.05, 3.63) is 107 Å². The van der Waals surface area contributed by atoms with E-state index < -0.39 is 0 Å². The SMILES string of the molecule is CC(=O)c1ccc(NC(=O)CSc2nccn2-c2ccc(C(=O)NCc3ccc(C)cc3)cc2)cc1. The van der Waals surface area contributed by atoms with Crippen LogP contribution in [0.15, 0.2) is 90.3 Å². The van der Waals surface area contributed by atoms with Gasteiger partial charge in [0.05, 0.1) is 5.75 Å². The van der Waals surface area contributed by atoms with E-state index in [0.29, 0.717) is 28.5 Å². The monoisotopic (exact) mass is 498 g/mol. The fraction of sp³-hybridized carbons (Fsp3) is 0.143. The summed E-state index contributed by atoms with van der Waals surface area (Å²) in [7, 11) is 0. The topological polar surface area (TPSA) is 93.1 Å². The van der Waals surface area contributed by atoms with E-state index in [4.69, 9.17) is 0 Å². The molecule has 2 amide bonds. The number of amides is 2. The molecule has 0 aliphatic carbocycles. The van der Waals surface area contributed by atoms with Gasteiger partial charge in [-0.05, 0) is 67.9 Å². The minimum Gasteiger partial charge on any atom is -0.348 e. The Morgan fingerprint density at radius 1 is 0.889 bits per heavy atom. The summed E-state index contributed by atoms with van der Waals surface area (Å²) < 4.78 is 1.87. The Morgan fingerprint density at radius 2 is 1.56 bits per heavy atom. The van der Waals surface area contributed by atoms with Gasteiger partial charge in [0.2, 0.25) is 5.91 Å². The van der Waals surface area contributed by atoms with Gasteiger partial charge in [0.1, 0.15) is 0 Å². The van der Waals surface area contributed by atoms with E-state index in [1.807, 2.05) is 54.1 Å². The zero-order valence-electron chi connectivity index (χ0n) is 20.0. The number of Topliss-reactive ketones (excluding diaryl/α,β-unsaturated/α-hetero) is 1. The molecule has 1 heterocycles. The number of benzene rings is 3. The Labute approximate surface area is 214 Å². The van der Waals surface area contributed by atoms with Crippen LogP contribution < -0.4 is 10.6 Å². The Balaban J connectivity index is 1.32. The molecule has 0 aliphatic rings. The highest BCUT2D eigenvalue weighted by molar-refractivity contribution is 7.99. The number of anilines is 1. The molecule has 4 rings (SSSR count). The Bertz CT molecular complexity index is 1360. The number of imidazole rings is 1. The van der Waals surface area contributed by atoms with Gasteiger partial charge in [-0.2, -0.15) is 0 Å². The summed E-state index contributed by atoms with van der Waals surface area (Å²) in [6.45, 7) is 3.99. The minimum absolute atomic E-state index is 0.0221. The van der Waals surface area contributed by atoms with Crippen molar-refractivity contribution in [3.8, 4) is 5.69 Å². The number of carbonyl (C=O) groups excluding carboxylic acids is 3. The van der Waals surface area contributed by atoms with Crippen molar-refractivity contribution >= 4 is 35.0 Å². The molecule has 0 atom stereocenters. The minimum atomic E-state index is -0.175. The highest BCUT2D eigenvalue weighted by atomic mass is 32.2. The lowest BCUT2D eigenvalue weighted by Gasteiger charge is -2.10. The molecule has 0 aliphatic heterocycles. The van der Waals surface area contributed by atoms with Crippen molar-refractivity contribution in [2.24, 2.45) is 0 Å². The summed E-state index contributed by atoms with van der Waals surface area (Å²) in [4.78, 5) is 40.7. The van der Waals surface area contributed by atoms with Crippen LogP contribution in [0.25, 0.3) is 5.69 Å². The van der Waals surface area contributed by atoms with Gasteiger partial charge < -0.3 is 10.6 Å². The van der Waals surface area contributed by atoms with Crippen LogP contribution in [0.4, 0.5) is 5.69 Å². The second kappa shape index (κ2) is 11.5. The maximum atomic E-state index is 12.5. The molecule has 4 aromatic rings. The summed E-state index contributed by atoms with van der Waals surface area (Å²) in [6, 6.07) is 22.1. The number of aryl methyl sites for hydroxylation is 1. The molecule has 0 radical (unpaired) electrons. The van der Waals surface area contributed by atoms with Gasteiger partial charge in [0.25, 0.3) is 5.91 Å². The Hall–Kier alpha value is -4.17. The quantitative estimate of drug-likeness (QED) is 0.249. The Kier molecular flexibility index (Phi) is 7.97. The number of nitrogens with one attached hydrogen (secondary N) is 2. The molecule has 0 saturated carbocycles. The van der Waals surface area contributed by atoms with Crippen LogP contribution in [0.3, 0.4) is 0 Å². The van der Waals surface area contributed by atoms with Gasteiger partial charge in [0, 0.05) is 41.4 Å². The second-order valence-corrected chi connectivity index (χ2v) is 9.21. The average molecular weight is 499 g/mol. The third kappa shape index (κ3) is 6.49. The predicted molar refractivity (Wildman–Crippen MR) is 142 cm³/mol. The fourth-order valence-electron chi connectivity index (χ4n) is 3.47. The van der Waals surface area contributed by atoms with Crippen LogP contribution in [-0.4, -0.2) is 32.9 Å². The van der Waals surface area contributed by atoms with E-state index >= 15 is 0 Å². The highest BCUT2D eigenvalue weighted by Crippen LogP contribution is 2.21. The van der Waals surface area contributed by atoms with Gasteiger partial charge in [-0.15, -0.1) is 0 Å². The predicted octanol–water partition coefficient (Wildman–Crippen LogP) is 5.04. The number of rotatable bonds is 9. The van der Waals surface area contributed by atoms with Crippen LogP contribution in [0.5, 0.6) is 0 Å². The lowest BCUT2D eigenvalue weighted by molar-refractivity contribution is -0.113. The van der Waals surface area contributed by atoms with Crippen LogP contribution in [0, 0.1) is 6.92 Å². The summed E-state index contributed by atoms with van der Waals surface area (Å²) in [5, 5.41) is 6.42. The van der Waals surface area contributed by atoms with E-state index in [0.717, 1.165) is 11.3 Å². The maximum absolute atomic E-state index is 12.5. The number of carbonyl (C=O) groups is 3. The zero-order valence-corrected chi connectivity index (χ0v) is 20.8. The van der Waals surface area contributed by atoms with Gasteiger partial charge in [-0.3, -0.25) is 19.0 Å². The molecule has 182 valence electrons. The fourth-order valence-corrected chi connectivity index (χ4v) is 4.25. The van der Waals surface area contributed by atoms with Crippen LogP contribution in [0.1, 0.15) is 38.8 Å². The van der Waals surface area contributed by atoms with Crippen molar-refractivity contribution in [2.75, 3.05) is 11.1 Å². The van der Waals surface area contributed by atoms with E-state index in [9.17, 15) is 14.4 Å². The molecule has 0 fully saturated rings. The molecule has 0 saturated heterocycles. The number of hydrogen-bond acceptors (Lipinski definition) is 5. The Morgan fingerprint density at radius 3 is 2.22 bits per heavy atom. The first-order valence-corrected chi connectivity index (χ1v) is 12.4. The van der Waals surface area contributed by atoms with Gasteiger partial charge in [-0.25, -0.2) is 4.98 Å². The first-order chi connectivity index (χ1) is 17.4. The molecule has 1 aromatic heterocycles. The molecule has 0 unspecified atom stereocenters. The smallest absolute Gasteiger partial charge is 0.251 e. The normalized spacial score (nSPS) is 10.6. The van der Waals surface area contributed by atoms with Crippen LogP contribution in [-0.2, 0) is 11.3 Å². The summed E-state index contributed by atoms with van der Waals surface area (Å²) in [6.07, 6.45) is 3.48. The summed E-state index contributed by atoms with van der Waals surface area (Å²) in [5.41, 5.74) is 4.85. The van der Waals surface area contributed by atoms with Gasteiger partial charge in [-0.1, -0.05) is 41.6 Å². The molecule has 2 N–H and O–H groups in total. The van der Waals surface area contributed by atoms with Gasteiger partial charge in [0.15, 0.2) is 10.9 Å². The number of nitrogens with zero attached hydrogens (tertiary/aromatic N) is 2. The van der Waals surface area contributed by atoms with Crippen molar-refractivity contribution < 1.29 is 14.4 Å². The third-order valence-electron chi connectivity index (χ3n) is 5.50. The highest BCUT2D eigenvalue weighted by Gasteiger charge is 2.11. The maximum Gasteiger partial charge on any atom is 0.251 e. The first-order valence-electron chi connectivity index (χ1n) is 11.4. The molecule has 0 bridgehead atoms. The number of aromatic nitrogens is 2. The van der Waals surface area contributed by atoms with E-state index in [2.05, 4.69) is 15.6 Å². The number of ketones is 1. The molecule has 0 spiro atoms. The average Bonchev–Trinajstić information content (AvgIpc) is 3.36. The van der Waals surface area contributed by atoms with Gasteiger partial charge >= 0.3 is 0 Å². The lowest BCUT2D eigenvalue weighted by Crippen LogP contribution is -2.22. The lowest BCUT2D eigenvalue weighted by atomic mass is 10.1. The molecular formula is C28H26N4O3S. The standard InChI is InChI=1S/C28H26N4O3S/c1-19-3-5-21(6-4-19)17-30-27(35)23-9-13-25(14-10-23)32-16-15-29-28(32)36-18-26(34)31-24-11-7-22(8-12-24)20(2)33/h3-16H,17-18H2,1-2H3,(H,30,35)(H,31,34). The molecule has 3 aromatic carbocycles. The number of thioether (sulfide) groups is 1. The van der Waals surface area contributed by atoms with Crippen molar-refractivity contribution in [3.63, 3.8) is 0 Å². The molecule has 36 heavy (non-hydrogen) atoms. The second-order valence-electron chi connectivity index (χ2n) is 8.27. The largest absolute Gasteiger partial charge is 0.348 e. The van der Waals surface area contributed by atoms with Crippen LogP contribution in [0.2, 0.25) is 0 Å². The van der Waals surface area contributed by atoms with Crippen molar-refractivity contribution in [1.82, 2.24) is 14.9 Å². The third-order valence-corrected chi connectivity index (χ3v) is 6.46. The number of hydrogen-bond donors (Lipinski definition) is 2. The molecule has 8 heteroatoms.